The molecule has 0 aliphatic heterocycles. The summed E-state index contributed by atoms with van der Waals surface area (Å²) in [6, 6.07) is 4.01. The van der Waals surface area contributed by atoms with Gasteiger partial charge in [0.25, 0.3) is 0 Å². The molecule has 1 aromatic heterocycles. The van der Waals surface area contributed by atoms with E-state index >= 15 is 0 Å². The minimum Gasteiger partial charge on any atom is -0.462 e. The Morgan fingerprint density at radius 2 is 1.88 bits per heavy atom. The minimum absolute atomic E-state index is 0.963. The van der Waals surface area contributed by atoms with Gasteiger partial charge in [0.05, 0.1) is 0 Å². The van der Waals surface area contributed by atoms with Gasteiger partial charge in [0.1, 0.15) is 11.5 Å². The molecule has 0 spiro atoms. The van der Waals surface area contributed by atoms with Gasteiger partial charge in [-0.1, -0.05) is 38.5 Å². The Kier molecular flexibility index (Phi) is 7.36. The lowest BCUT2D eigenvalue weighted by molar-refractivity contribution is 0.521. The smallest absolute Gasteiger partial charge is 0.129 e. The van der Waals surface area contributed by atoms with Crippen LogP contribution in [0, 0.1) is 6.92 Å². The zero-order valence-corrected chi connectivity index (χ0v) is 11.4. The van der Waals surface area contributed by atoms with Crippen LogP contribution >= 0.6 is 0 Å². The van der Waals surface area contributed by atoms with E-state index < -0.39 is 0 Å². The van der Waals surface area contributed by atoms with Gasteiger partial charge in [-0.25, -0.2) is 0 Å². The molecule has 0 N–H and O–H groups in total. The zero-order valence-electron chi connectivity index (χ0n) is 11.4. The second-order valence-electron chi connectivity index (χ2n) is 3.59. The fourth-order valence-electron chi connectivity index (χ4n) is 1.44. The minimum atomic E-state index is 0.963. The molecular weight excluding hydrogens is 196 g/mol. The molecule has 0 atom stereocenters. The molecule has 1 aromatic rings. The lowest BCUT2D eigenvalue weighted by Gasteiger charge is -1.97. The van der Waals surface area contributed by atoms with E-state index in [2.05, 4.69) is 32.9 Å². The van der Waals surface area contributed by atoms with E-state index in [9.17, 15) is 0 Å². The summed E-state index contributed by atoms with van der Waals surface area (Å²) in [6.07, 6.45) is 5.44. The summed E-state index contributed by atoms with van der Waals surface area (Å²) in [7, 11) is 0. The van der Waals surface area contributed by atoms with Gasteiger partial charge in [-0.2, -0.15) is 0 Å². The Balaban J connectivity index is 0.00000106. The van der Waals surface area contributed by atoms with Crippen molar-refractivity contribution in [2.24, 2.45) is 0 Å². The summed E-state index contributed by atoms with van der Waals surface area (Å²) in [6.45, 7) is 12.3. The van der Waals surface area contributed by atoms with Gasteiger partial charge < -0.3 is 4.42 Å². The molecule has 1 nitrogen and oxygen atoms in total. The monoisotopic (exact) mass is 220 g/mol. The molecule has 0 aliphatic carbocycles. The number of aryl methyl sites for hydroxylation is 1. The third-order valence-corrected chi connectivity index (χ3v) is 2.10. The Hall–Kier alpha value is -1.24. The van der Waals surface area contributed by atoms with Crippen LogP contribution in [0.25, 0.3) is 5.57 Å². The third kappa shape index (κ3) is 5.01. The van der Waals surface area contributed by atoms with Crippen molar-refractivity contribution in [2.45, 2.75) is 48.0 Å². The van der Waals surface area contributed by atoms with Crippen LogP contribution in [0.4, 0.5) is 0 Å². The van der Waals surface area contributed by atoms with Crippen LogP contribution in [0.15, 0.2) is 34.3 Å². The number of hydrogen-bond donors (Lipinski definition) is 0. The summed E-state index contributed by atoms with van der Waals surface area (Å²) in [5.41, 5.74) is 2.47. The Morgan fingerprint density at radius 1 is 1.25 bits per heavy atom. The standard InChI is InChI=1S/C13H18O.C2H6/c1-5-6-10(2)9-11(3)13-8-7-12(4)14-13;1-2/h6-9H,5H2,1-4H3;1-2H3/b10-6-,11-9+;. The van der Waals surface area contributed by atoms with Crippen LogP contribution < -0.4 is 0 Å². The van der Waals surface area contributed by atoms with Crippen molar-refractivity contribution >= 4 is 5.57 Å². The first-order valence-electron chi connectivity index (χ1n) is 6.05. The molecule has 0 bridgehead atoms. The first-order chi connectivity index (χ1) is 7.63. The van der Waals surface area contributed by atoms with E-state index in [1.54, 1.807) is 0 Å². The van der Waals surface area contributed by atoms with Crippen molar-refractivity contribution in [3.05, 3.63) is 41.4 Å². The highest BCUT2D eigenvalue weighted by Crippen LogP contribution is 2.18. The molecule has 0 saturated carbocycles. The molecule has 0 aliphatic rings. The van der Waals surface area contributed by atoms with E-state index in [1.165, 1.54) is 11.1 Å². The molecular formula is C15H24O. The molecule has 90 valence electrons. The number of allylic oxidation sites excluding steroid dienone is 4. The van der Waals surface area contributed by atoms with Crippen LogP contribution in [0.3, 0.4) is 0 Å². The van der Waals surface area contributed by atoms with Crippen molar-refractivity contribution in [1.29, 1.82) is 0 Å². The van der Waals surface area contributed by atoms with Gasteiger partial charge in [-0.05, 0) is 44.9 Å². The van der Waals surface area contributed by atoms with E-state index in [0.29, 0.717) is 0 Å². The zero-order chi connectivity index (χ0) is 12.6. The maximum Gasteiger partial charge on any atom is 0.129 e. The predicted molar refractivity (Wildman–Crippen MR) is 72.5 cm³/mol. The van der Waals surface area contributed by atoms with Crippen molar-refractivity contribution in [3.63, 3.8) is 0 Å². The fourth-order valence-corrected chi connectivity index (χ4v) is 1.44. The highest BCUT2D eigenvalue weighted by molar-refractivity contribution is 5.62. The Bertz CT molecular complexity index is 353. The Labute approximate surface area is 99.9 Å². The normalized spacial score (nSPS) is 12.1. The van der Waals surface area contributed by atoms with Crippen molar-refractivity contribution in [1.82, 2.24) is 0 Å². The van der Waals surface area contributed by atoms with E-state index in [0.717, 1.165) is 17.9 Å². The average molecular weight is 220 g/mol. The number of rotatable bonds is 3. The molecule has 16 heavy (non-hydrogen) atoms. The molecule has 0 unspecified atom stereocenters. The predicted octanol–water partition coefficient (Wildman–Crippen LogP) is 5.37. The SMILES string of the molecule is CC.CC/C=C(C)\C=C(/C)c1ccc(C)o1. The average Bonchev–Trinajstić information content (AvgIpc) is 2.68. The first kappa shape index (κ1) is 14.8. The van der Waals surface area contributed by atoms with Crippen LogP contribution in [0.1, 0.15) is 52.6 Å². The molecule has 0 radical (unpaired) electrons. The van der Waals surface area contributed by atoms with Crippen LogP contribution in [0.5, 0.6) is 0 Å². The van der Waals surface area contributed by atoms with Crippen LogP contribution in [-0.2, 0) is 0 Å². The van der Waals surface area contributed by atoms with Crippen LogP contribution in [0.2, 0.25) is 0 Å². The molecule has 1 rings (SSSR count). The summed E-state index contributed by atoms with van der Waals surface area (Å²) >= 11 is 0. The Morgan fingerprint density at radius 3 is 2.31 bits per heavy atom. The van der Waals surface area contributed by atoms with Gasteiger partial charge in [0, 0.05) is 0 Å². The van der Waals surface area contributed by atoms with Gasteiger partial charge in [0.15, 0.2) is 0 Å². The molecule has 0 saturated heterocycles. The molecule has 0 amide bonds. The lowest BCUT2D eigenvalue weighted by Crippen LogP contribution is -1.76. The number of hydrogen-bond acceptors (Lipinski definition) is 1. The van der Waals surface area contributed by atoms with E-state index in [-0.39, 0.29) is 0 Å². The van der Waals surface area contributed by atoms with Gasteiger partial charge in [-0.15, -0.1) is 0 Å². The van der Waals surface area contributed by atoms with Gasteiger partial charge in [0.2, 0.25) is 0 Å². The molecule has 0 aromatic carbocycles. The largest absolute Gasteiger partial charge is 0.462 e. The fraction of sp³-hybridized carbons (Fsp3) is 0.467. The lowest BCUT2D eigenvalue weighted by atomic mass is 10.1. The summed E-state index contributed by atoms with van der Waals surface area (Å²) in [5, 5.41) is 0. The van der Waals surface area contributed by atoms with Crippen molar-refractivity contribution < 1.29 is 4.42 Å². The van der Waals surface area contributed by atoms with Gasteiger partial charge >= 0.3 is 0 Å². The highest BCUT2D eigenvalue weighted by atomic mass is 16.3. The molecule has 1 heteroatoms. The highest BCUT2D eigenvalue weighted by Gasteiger charge is 1.99. The van der Waals surface area contributed by atoms with E-state index in [1.807, 2.05) is 32.9 Å². The first-order valence-corrected chi connectivity index (χ1v) is 6.05. The summed E-state index contributed by atoms with van der Waals surface area (Å²) in [4.78, 5) is 0. The van der Waals surface area contributed by atoms with Crippen LogP contribution in [-0.4, -0.2) is 0 Å². The van der Waals surface area contributed by atoms with Gasteiger partial charge in [-0.3, -0.25) is 0 Å². The second kappa shape index (κ2) is 7.98. The third-order valence-electron chi connectivity index (χ3n) is 2.10. The summed E-state index contributed by atoms with van der Waals surface area (Å²) in [5.74, 6) is 1.93. The maximum absolute atomic E-state index is 5.53. The topological polar surface area (TPSA) is 13.1 Å². The molecule has 0 fully saturated rings. The second-order valence-corrected chi connectivity index (χ2v) is 3.59. The summed E-state index contributed by atoms with van der Waals surface area (Å²) < 4.78 is 5.53. The maximum atomic E-state index is 5.53. The van der Waals surface area contributed by atoms with Crippen molar-refractivity contribution in [3.8, 4) is 0 Å². The van der Waals surface area contributed by atoms with E-state index in [4.69, 9.17) is 4.42 Å². The quantitative estimate of drug-likeness (QED) is 0.624. The molecule has 1 heterocycles. The van der Waals surface area contributed by atoms with Crippen molar-refractivity contribution in [2.75, 3.05) is 0 Å². The number of furan rings is 1.